The molecule has 1 aliphatic rings. The number of carbonyl (C=O) groups excluding carboxylic acids is 1. The molecule has 0 heterocycles. The SMILES string of the molecule is CC1(C)CCC(C)(C)[C@H](C=O)C1. The van der Waals surface area contributed by atoms with Gasteiger partial charge < -0.3 is 4.79 Å². The van der Waals surface area contributed by atoms with Gasteiger partial charge in [-0.2, -0.15) is 0 Å². The van der Waals surface area contributed by atoms with Crippen LogP contribution in [0.15, 0.2) is 0 Å². The molecular weight excluding hydrogens is 148 g/mol. The summed E-state index contributed by atoms with van der Waals surface area (Å²) in [5, 5.41) is 0. The van der Waals surface area contributed by atoms with Crippen molar-refractivity contribution < 1.29 is 4.79 Å². The molecule has 70 valence electrons. The Morgan fingerprint density at radius 1 is 1.17 bits per heavy atom. The van der Waals surface area contributed by atoms with Gasteiger partial charge in [0.25, 0.3) is 0 Å². The van der Waals surface area contributed by atoms with E-state index in [4.69, 9.17) is 0 Å². The van der Waals surface area contributed by atoms with Crippen LogP contribution < -0.4 is 0 Å². The van der Waals surface area contributed by atoms with Crippen LogP contribution in [0.4, 0.5) is 0 Å². The van der Waals surface area contributed by atoms with Crippen LogP contribution in [0, 0.1) is 16.7 Å². The predicted molar refractivity (Wildman–Crippen MR) is 51.0 cm³/mol. The zero-order valence-corrected chi connectivity index (χ0v) is 8.68. The number of hydrogen-bond acceptors (Lipinski definition) is 1. The maximum Gasteiger partial charge on any atom is 0.123 e. The molecule has 0 amide bonds. The molecule has 1 fully saturated rings. The average molecular weight is 168 g/mol. The second kappa shape index (κ2) is 2.86. The Kier molecular flexibility index (Phi) is 2.33. The van der Waals surface area contributed by atoms with Crippen molar-refractivity contribution in [3.63, 3.8) is 0 Å². The summed E-state index contributed by atoms with van der Waals surface area (Å²) in [5.41, 5.74) is 0.609. The van der Waals surface area contributed by atoms with E-state index >= 15 is 0 Å². The Morgan fingerprint density at radius 2 is 1.75 bits per heavy atom. The lowest BCUT2D eigenvalue weighted by Crippen LogP contribution is -2.36. The fraction of sp³-hybridized carbons (Fsp3) is 0.909. The minimum absolute atomic E-state index is 0.233. The Morgan fingerprint density at radius 3 is 2.17 bits per heavy atom. The molecule has 0 aliphatic heterocycles. The molecule has 1 nitrogen and oxygen atoms in total. The van der Waals surface area contributed by atoms with E-state index in [1.165, 1.54) is 12.8 Å². The van der Waals surface area contributed by atoms with Gasteiger partial charge >= 0.3 is 0 Å². The first-order chi connectivity index (χ1) is 5.37. The second-order valence-electron chi connectivity index (χ2n) is 5.60. The predicted octanol–water partition coefficient (Wildman–Crippen LogP) is 3.04. The number of hydrogen-bond donors (Lipinski definition) is 0. The molecule has 12 heavy (non-hydrogen) atoms. The third kappa shape index (κ3) is 1.88. The van der Waals surface area contributed by atoms with Gasteiger partial charge in [0.15, 0.2) is 0 Å². The van der Waals surface area contributed by atoms with Crippen molar-refractivity contribution in [1.82, 2.24) is 0 Å². The summed E-state index contributed by atoms with van der Waals surface area (Å²) in [5.74, 6) is 0.265. The maximum absolute atomic E-state index is 10.9. The van der Waals surface area contributed by atoms with E-state index in [0.29, 0.717) is 5.41 Å². The zero-order chi connectivity index (χ0) is 9.41. The summed E-state index contributed by atoms with van der Waals surface area (Å²) >= 11 is 0. The highest BCUT2D eigenvalue weighted by Crippen LogP contribution is 2.47. The largest absolute Gasteiger partial charge is 0.303 e. The fourth-order valence-corrected chi connectivity index (χ4v) is 2.05. The monoisotopic (exact) mass is 168 g/mol. The van der Waals surface area contributed by atoms with Crippen LogP contribution in [0.2, 0.25) is 0 Å². The van der Waals surface area contributed by atoms with Crippen LogP contribution in [-0.4, -0.2) is 6.29 Å². The topological polar surface area (TPSA) is 17.1 Å². The van der Waals surface area contributed by atoms with E-state index in [-0.39, 0.29) is 11.3 Å². The summed E-state index contributed by atoms with van der Waals surface area (Å²) in [6.45, 7) is 8.94. The lowest BCUT2D eigenvalue weighted by Gasteiger charge is -2.43. The third-order valence-electron chi connectivity index (χ3n) is 3.39. The molecule has 0 aromatic rings. The van der Waals surface area contributed by atoms with E-state index in [1.54, 1.807) is 0 Å². The molecule has 0 bridgehead atoms. The molecule has 0 radical (unpaired) electrons. The highest BCUT2D eigenvalue weighted by atomic mass is 16.1. The summed E-state index contributed by atoms with van der Waals surface area (Å²) in [4.78, 5) is 10.9. The van der Waals surface area contributed by atoms with E-state index in [2.05, 4.69) is 27.7 Å². The quantitative estimate of drug-likeness (QED) is 0.550. The number of aldehydes is 1. The van der Waals surface area contributed by atoms with Crippen LogP contribution in [0.3, 0.4) is 0 Å². The molecule has 0 aromatic carbocycles. The van der Waals surface area contributed by atoms with E-state index < -0.39 is 0 Å². The Bertz CT molecular complexity index is 179. The van der Waals surface area contributed by atoms with Crippen molar-refractivity contribution in [3.05, 3.63) is 0 Å². The molecular formula is C11H20O. The molecule has 0 aromatic heterocycles. The Balaban J connectivity index is 2.73. The van der Waals surface area contributed by atoms with Gasteiger partial charge in [0, 0.05) is 5.92 Å². The van der Waals surface area contributed by atoms with Gasteiger partial charge in [0.1, 0.15) is 6.29 Å². The molecule has 1 aliphatic carbocycles. The normalized spacial score (nSPS) is 32.8. The van der Waals surface area contributed by atoms with Gasteiger partial charge in [-0.25, -0.2) is 0 Å². The zero-order valence-electron chi connectivity index (χ0n) is 8.68. The molecule has 1 atom stereocenters. The number of carbonyl (C=O) groups is 1. The first-order valence-electron chi connectivity index (χ1n) is 4.83. The van der Waals surface area contributed by atoms with Crippen LogP contribution >= 0.6 is 0 Å². The van der Waals surface area contributed by atoms with Crippen LogP contribution in [-0.2, 0) is 4.79 Å². The molecule has 0 unspecified atom stereocenters. The average Bonchev–Trinajstić information content (AvgIpc) is 1.95. The maximum atomic E-state index is 10.9. The van der Waals surface area contributed by atoms with E-state index in [9.17, 15) is 4.79 Å². The van der Waals surface area contributed by atoms with Crippen LogP contribution in [0.25, 0.3) is 0 Å². The fourth-order valence-electron chi connectivity index (χ4n) is 2.05. The minimum atomic E-state index is 0.233. The summed E-state index contributed by atoms with van der Waals surface area (Å²) in [6, 6.07) is 0. The number of rotatable bonds is 1. The van der Waals surface area contributed by atoms with Crippen molar-refractivity contribution in [3.8, 4) is 0 Å². The lowest BCUT2D eigenvalue weighted by atomic mass is 9.61. The first-order valence-corrected chi connectivity index (χ1v) is 4.83. The van der Waals surface area contributed by atoms with Crippen molar-refractivity contribution in [2.75, 3.05) is 0 Å². The second-order valence-corrected chi connectivity index (χ2v) is 5.60. The van der Waals surface area contributed by atoms with Crippen LogP contribution in [0.1, 0.15) is 47.0 Å². The van der Waals surface area contributed by atoms with Gasteiger partial charge in [-0.05, 0) is 30.1 Å². The van der Waals surface area contributed by atoms with Crippen molar-refractivity contribution in [1.29, 1.82) is 0 Å². The highest BCUT2D eigenvalue weighted by Gasteiger charge is 2.39. The standard InChI is InChI=1S/C11H20O/c1-10(2)5-6-11(3,4)9(7-10)8-12/h8-9H,5-7H2,1-4H3/t9-/m0/s1. The van der Waals surface area contributed by atoms with E-state index in [1.807, 2.05) is 0 Å². The smallest absolute Gasteiger partial charge is 0.123 e. The summed E-state index contributed by atoms with van der Waals surface area (Å²) in [6.07, 6.45) is 4.65. The van der Waals surface area contributed by atoms with Crippen LogP contribution in [0.5, 0.6) is 0 Å². The molecule has 1 rings (SSSR count). The van der Waals surface area contributed by atoms with Gasteiger partial charge in [-0.3, -0.25) is 0 Å². The van der Waals surface area contributed by atoms with Gasteiger partial charge in [-0.15, -0.1) is 0 Å². The van der Waals surface area contributed by atoms with Crippen molar-refractivity contribution in [2.24, 2.45) is 16.7 Å². The van der Waals surface area contributed by atoms with Gasteiger partial charge in [0.2, 0.25) is 0 Å². The molecule has 0 saturated heterocycles. The van der Waals surface area contributed by atoms with Gasteiger partial charge in [0.05, 0.1) is 0 Å². The molecule has 0 N–H and O–H groups in total. The van der Waals surface area contributed by atoms with Gasteiger partial charge in [-0.1, -0.05) is 27.7 Å². The minimum Gasteiger partial charge on any atom is -0.303 e. The Labute approximate surface area is 75.5 Å². The molecule has 1 saturated carbocycles. The van der Waals surface area contributed by atoms with E-state index in [0.717, 1.165) is 12.7 Å². The Hall–Kier alpha value is -0.330. The van der Waals surface area contributed by atoms with Crippen molar-refractivity contribution >= 4 is 6.29 Å². The third-order valence-corrected chi connectivity index (χ3v) is 3.39. The molecule has 0 spiro atoms. The van der Waals surface area contributed by atoms with Crippen molar-refractivity contribution in [2.45, 2.75) is 47.0 Å². The summed E-state index contributed by atoms with van der Waals surface area (Å²) < 4.78 is 0. The molecule has 1 heteroatoms. The first kappa shape index (κ1) is 9.76. The lowest BCUT2D eigenvalue weighted by molar-refractivity contribution is -0.117. The highest BCUT2D eigenvalue weighted by molar-refractivity contribution is 5.55. The summed E-state index contributed by atoms with van der Waals surface area (Å²) in [7, 11) is 0.